The van der Waals surface area contributed by atoms with Gasteiger partial charge in [-0.1, -0.05) is 17.7 Å². The van der Waals surface area contributed by atoms with E-state index in [-0.39, 0.29) is 0 Å². The Balaban J connectivity index is 2.14. The fourth-order valence-corrected chi connectivity index (χ4v) is 3.02. The Morgan fingerprint density at radius 1 is 1.50 bits per heavy atom. The van der Waals surface area contributed by atoms with Crippen molar-refractivity contribution in [1.29, 1.82) is 0 Å². The molecule has 0 bridgehead atoms. The molecule has 1 aliphatic heterocycles. The molecule has 2 rings (SSSR count). The van der Waals surface area contributed by atoms with Gasteiger partial charge in [-0.25, -0.2) is 0 Å². The lowest BCUT2D eigenvalue weighted by atomic mass is 10.3. The number of nitrogens with one attached hydrogen (secondary N) is 1. The number of nitrogens with two attached hydrogens (primary N) is 1. The fourth-order valence-electron chi connectivity index (χ4n) is 1.55. The maximum Gasteiger partial charge on any atom is 0.0562 e. The maximum atomic E-state index is 6.09. The van der Waals surface area contributed by atoms with Crippen molar-refractivity contribution in [3.05, 3.63) is 23.2 Å². The number of nitrogen functional groups attached to an aromatic ring is 1. The van der Waals surface area contributed by atoms with E-state index in [2.05, 4.69) is 5.32 Å². The van der Waals surface area contributed by atoms with Crippen LogP contribution in [0.25, 0.3) is 0 Å². The van der Waals surface area contributed by atoms with E-state index in [9.17, 15) is 0 Å². The zero-order valence-electron chi connectivity index (χ0n) is 7.79. The summed E-state index contributed by atoms with van der Waals surface area (Å²) in [6, 6.07) is 5.67. The van der Waals surface area contributed by atoms with Crippen LogP contribution in [0.2, 0.25) is 5.02 Å². The summed E-state index contributed by atoms with van der Waals surface area (Å²) < 4.78 is 0. The van der Waals surface area contributed by atoms with Gasteiger partial charge < -0.3 is 11.1 Å². The Labute approximate surface area is 93.2 Å². The Morgan fingerprint density at radius 2 is 2.36 bits per heavy atom. The molecule has 0 amide bonds. The van der Waals surface area contributed by atoms with Gasteiger partial charge in [0.2, 0.25) is 0 Å². The smallest absolute Gasteiger partial charge is 0.0562 e. The normalized spacial score (nSPS) is 21.4. The van der Waals surface area contributed by atoms with Crippen molar-refractivity contribution < 1.29 is 0 Å². The minimum atomic E-state index is 0.609. The minimum absolute atomic E-state index is 0.609. The molecule has 0 radical (unpaired) electrons. The van der Waals surface area contributed by atoms with Gasteiger partial charge in [0.15, 0.2) is 0 Å². The zero-order chi connectivity index (χ0) is 9.97. The van der Waals surface area contributed by atoms with Gasteiger partial charge in [0.25, 0.3) is 0 Å². The fraction of sp³-hybridized carbons (Fsp3) is 0.400. The van der Waals surface area contributed by atoms with Gasteiger partial charge in [-0.2, -0.15) is 0 Å². The van der Waals surface area contributed by atoms with E-state index in [0.717, 1.165) is 28.7 Å². The topological polar surface area (TPSA) is 38.0 Å². The highest BCUT2D eigenvalue weighted by Crippen LogP contribution is 2.36. The van der Waals surface area contributed by atoms with Crippen molar-refractivity contribution in [1.82, 2.24) is 5.32 Å². The van der Waals surface area contributed by atoms with Crippen LogP contribution in [0.4, 0.5) is 5.69 Å². The van der Waals surface area contributed by atoms with Crippen molar-refractivity contribution >= 4 is 29.1 Å². The van der Waals surface area contributed by atoms with Gasteiger partial charge in [-0.15, -0.1) is 11.8 Å². The second-order valence-corrected chi connectivity index (χ2v) is 5.11. The van der Waals surface area contributed by atoms with Crippen LogP contribution in [0.5, 0.6) is 0 Å². The van der Waals surface area contributed by atoms with E-state index in [0.29, 0.717) is 5.25 Å². The summed E-state index contributed by atoms with van der Waals surface area (Å²) in [5, 5.41) is 4.70. The predicted molar refractivity (Wildman–Crippen MR) is 63.0 cm³/mol. The van der Waals surface area contributed by atoms with Crippen molar-refractivity contribution in [2.75, 3.05) is 18.8 Å². The summed E-state index contributed by atoms with van der Waals surface area (Å²) in [6.45, 7) is 2.15. The van der Waals surface area contributed by atoms with Crippen molar-refractivity contribution in [2.45, 2.75) is 16.6 Å². The van der Waals surface area contributed by atoms with Gasteiger partial charge in [0.05, 0.1) is 5.02 Å². The monoisotopic (exact) mass is 228 g/mol. The average molecular weight is 229 g/mol. The first-order valence-corrected chi connectivity index (χ1v) is 5.94. The van der Waals surface area contributed by atoms with Crippen LogP contribution < -0.4 is 11.1 Å². The van der Waals surface area contributed by atoms with Crippen LogP contribution in [0.3, 0.4) is 0 Å². The van der Waals surface area contributed by atoms with Gasteiger partial charge in [-0.3, -0.25) is 0 Å². The Hall–Kier alpha value is -0.380. The van der Waals surface area contributed by atoms with Crippen LogP contribution >= 0.6 is 23.4 Å². The number of thioether (sulfide) groups is 1. The molecule has 0 aromatic heterocycles. The molecule has 1 saturated heterocycles. The Bertz CT molecular complexity index is 304. The van der Waals surface area contributed by atoms with Crippen molar-refractivity contribution in [3.8, 4) is 0 Å². The number of rotatable bonds is 2. The zero-order valence-corrected chi connectivity index (χ0v) is 9.37. The number of hydrogen-bond acceptors (Lipinski definition) is 3. The van der Waals surface area contributed by atoms with Crippen LogP contribution in [0.1, 0.15) is 6.42 Å². The van der Waals surface area contributed by atoms with Gasteiger partial charge in [-0.05, 0) is 25.1 Å². The van der Waals surface area contributed by atoms with Crippen LogP contribution in [0.15, 0.2) is 23.1 Å². The quantitative estimate of drug-likeness (QED) is 0.764. The third kappa shape index (κ3) is 2.16. The van der Waals surface area contributed by atoms with E-state index in [1.54, 1.807) is 11.8 Å². The van der Waals surface area contributed by atoms with E-state index >= 15 is 0 Å². The van der Waals surface area contributed by atoms with E-state index in [1.165, 1.54) is 6.42 Å². The second kappa shape index (κ2) is 4.43. The SMILES string of the molecule is Nc1cccc(Cl)c1SC1CCNC1. The first-order chi connectivity index (χ1) is 6.77. The molecule has 3 N–H and O–H groups in total. The molecule has 76 valence electrons. The lowest BCUT2D eigenvalue weighted by Crippen LogP contribution is -2.10. The number of anilines is 1. The highest BCUT2D eigenvalue weighted by atomic mass is 35.5. The predicted octanol–water partition coefficient (Wildman–Crippen LogP) is 2.38. The molecule has 1 heterocycles. The third-order valence-corrected chi connectivity index (χ3v) is 4.15. The lowest BCUT2D eigenvalue weighted by Gasteiger charge is -2.11. The molecule has 1 aliphatic rings. The molecule has 4 heteroatoms. The molecule has 1 atom stereocenters. The van der Waals surface area contributed by atoms with Gasteiger partial charge >= 0.3 is 0 Å². The standard InChI is InChI=1S/C10H13ClN2S/c11-8-2-1-3-9(12)10(8)14-7-4-5-13-6-7/h1-3,7,13H,4-6,12H2. The van der Waals surface area contributed by atoms with Gasteiger partial charge in [0.1, 0.15) is 0 Å². The maximum absolute atomic E-state index is 6.09. The van der Waals surface area contributed by atoms with Gasteiger partial charge in [0, 0.05) is 22.4 Å². The third-order valence-electron chi connectivity index (χ3n) is 2.30. The van der Waals surface area contributed by atoms with Crippen molar-refractivity contribution in [3.63, 3.8) is 0 Å². The first kappa shape index (κ1) is 10.1. The van der Waals surface area contributed by atoms with E-state index < -0.39 is 0 Å². The highest BCUT2D eigenvalue weighted by molar-refractivity contribution is 8.00. The highest BCUT2D eigenvalue weighted by Gasteiger charge is 2.18. The Kier molecular flexibility index (Phi) is 3.21. The molecule has 0 saturated carbocycles. The summed E-state index contributed by atoms with van der Waals surface area (Å²) in [7, 11) is 0. The summed E-state index contributed by atoms with van der Waals surface area (Å²) in [5.41, 5.74) is 6.66. The Morgan fingerprint density at radius 3 is 3.00 bits per heavy atom. The number of hydrogen-bond donors (Lipinski definition) is 2. The number of benzene rings is 1. The van der Waals surface area contributed by atoms with E-state index in [4.69, 9.17) is 17.3 Å². The molecular weight excluding hydrogens is 216 g/mol. The van der Waals surface area contributed by atoms with Crippen LogP contribution in [-0.4, -0.2) is 18.3 Å². The van der Waals surface area contributed by atoms with E-state index in [1.807, 2.05) is 18.2 Å². The van der Waals surface area contributed by atoms with Crippen LogP contribution in [0, 0.1) is 0 Å². The average Bonchev–Trinajstić information content (AvgIpc) is 2.64. The first-order valence-electron chi connectivity index (χ1n) is 4.69. The summed E-state index contributed by atoms with van der Waals surface area (Å²) in [5.74, 6) is 0. The molecule has 1 aromatic carbocycles. The summed E-state index contributed by atoms with van der Waals surface area (Å²) >= 11 is 7.87. The molecule has 1 fully saturated rings. The molecule has 1 unspecified atom stereocenters. The molecular formula is C10H13ClN2S. The van der Waals surface area contributed by atoms with Crippen LogP contribution in [-0.2, 0) is 0 Å². The molecule has 14 heavy (non-hydrogen) atoms. The summed E-state index contributed by atoms with van der Waals surface area (Å²) in [6.07, 6.45) is 1.19. The van der Waals surface area contributed by atoms with Crippen molar-refractivity contribution in [2.24, 2.45) is 0 Å². The second-order valence-electron chi connectivity index (χ2n) is 3.39. The largest absolute Gasteiger partial charge is 0.398 e. The molecule has 2 nitrogen and oxygen atoms in total. The molecule has 1 aromatic rings. The summed E-state index contributed by atoms with van der Waals surface area (Å²) in [4.78, 5) is 1.03. The minimum Gasteiger partial charge on any atom is -0.398 e. The molecule has 0 aliphatic carbocycles. The lowest BCUT2D eigenvalue weighted by molar-refractivity contribution is 0.858. The molecule has 0 spiro atoms. The number of halogens is 1.